The van der Waals surface area contributed by atoms with Gasteiger partial charge in [-0.1, -0.05) is 25.1 Å². The van der Waals surface area contributed by atoms with Crippen LogP contribution in [0.3, 0.4) is 0 Å². The second kappa shape index (κ2) is 7.81. The molecular formula is C14H24N4O2. The molecule has 0 fully saturated rings. The first-order valence-electron chi connectivity index (χ1n) is 6.61. The third-order valence-corrected chi connectivity index (χ3v) is 3.14. The minimum absolute atomic E-state index is 0.0287. The normalized spacial score (nSPS) is 12.7. The zero-order valence-electron chi connectivity index (χ0n) is 12.4. The smallest absolute Gasteiger partial charge is 0.189 e. The molecule has 0 aliphatic rings. The molecule has 0 bridgehead atoms. The van der Waals surface area contributed by atoms with Crippen molar-refractivity contribution >= 4 is 5.84 Å². The van der Waals surface area contributed by atoms with E-state index in [2.05, 4.69) is 29.3 Å². The van der Waals surface area contributed by atoms with E-state index in [4.69, 9.17) is 15.7 Å². The number of pyridine rings is 1. The zero-order valence-corrected chi connectivity index (χ0v) is 12.4. The van der Waals surface area contributed by atoms with Gasteiger partial charge in [-0.25, -0.2) is 0 Å². The van der Waals surface area contributed by atoms with Gasteiger partial charge in [-0.15, -0.1) is 0 Å². The summed E-state index contributed by atoms with van der Waals surface area (Å²) in [5.74, 6) is 0.0287. The van der Waals surface area contributed by atoms with Crippen LogP contribution in [0.5, 0.6) is 0 Å². The fourth-order valence-corrected chi connectivity index (χ4v) is 1.86. The number of hydrogen-bond acceptors (Lipinski definition) is 5. The first kappa shape index (κ1) is 16.4. The first-order valence-corrected chi connectivity index (χ1v) is 6.61. The van der Waals surface area contributed by atoms with Gasteiger partial charge in [-0.2, -0.15) is 0 Å². The summed E-state index contributed by atoms with van der Waals surface area (Å²) in [6.45, 7) is 6.59. The van der Waals surface area contributed by atoms with Crippen molar-refractivity contribution in [1.82, 2.24) is 10.3 Å². The standard InChI is InChI=1S/C14H24N4O2/c1-14(2,6-8-20-3)10-16-9-11-5-4-7-17-12(11)13(15)18-19/h4-5,7,16,19H,6,8-10H2,1-3H3,(H2,15,18). The van der Waals surface area contributed by atoms with Crippen LogP contribution in [-0.4, -0.2) is 36.3 Å². The lowest BCUT2D eigenvalue weighted by molar-refractivity contribution is 0.150. The number of hydrogen-bond donors (Lipinski definition) is 3. The van der Waals surface area contributed by atoms with E-state index in [1.165, 1.54) is 0 Å². The van der Waals surface area contributed by atoms with Gasteiger partial charge in [0.05, 0.1) is 0 Å². The van der Waals surface area contributed by atoms with E-state index in [1.54, 1.807) is 13.3 Å². The fourth-order valence-electron chi connectivity index (χ4n) is 1.86. The monoisotopic (exact) mass is 280 g/mol. The van der Waals surface area contributed by atoms with Crippen LogP contribution in [0.4, 0.5) is 0 Å². The van der Waals surface area contributed by atoms with Gasteiger partial charge in [0.15, 0.2) is 5.84 Å². The highest BCUT2D eigenvalue weighted by Gasteiger charge is 2.17. The lowest BCUT2D eigenvalue weighted by Gasteiger charge is -2.24. The summed E-state index contributed by atoms with van der Waals surface area (Å²) in [6.07, 6.45) is 2.61. The predicted octanol–water partition coefficient (Wildman–Crippen LogP) is 1.33. The van der Waals surface area contributed by atoms with Crippen LogP contribution in [-0.2, 0) is 11.3 Å². The lowest BCUT2D eigenvalue weighted by atomic mass is 9.89. The Morgan fingerprint density at radius 3 is 2.95 bits per heavy atom. The number of aromatic nitrogens is 1. The van der Waals surface area contributed by atoms with E-state index < -0.39 is 0 Å². The summed E-state index contributed by atoms with van der Waals surface area (Å²) in [4.78, 5) is 4.14. The molecule has 0 atom stereocenters. The molecule has 6 heteroatoms. The van der Waals surface area contributed by atoms with Crippen molar-refractivity contribution < 1.29 is 9.94 Å². The Bertz CT molecular complexity index is 447. The van der Waals surface area contributed by atoms with Crippen molar-refractivity contribution in [3.63, 3.8) is 0 Å². The topological polar surface area (TPSA) is 92.8 Å². The van der Waals surface area contributed by atoms with Crippen LogP contribution in [0.2, 0.25) is 0 Å². The maximum absolute atomic E-state index is 8.75. The van der Waals surface area contributed by atoms with Crippen molar-refractivity contribution in [3.05, 3.63) is 29.6 Å². The average Bonchev–Trinajstić information content (AvgIpc) is 2.45. The Labute approximate surface area is 120 Å². The summed E-state index contributed by atoms with van der Waals surface area (Å²) >= 11 is 0. The summed E-state index contributed by atoms with van der Waals surface area (Å²) in [7, 11) is 1.71. The number of ether oxygens (including phenoxy) is 1. The third-order valence-electron chi connectivity index (χ3n) is 3.14. The molecule has 1 heterocycles. The van der Waals surface area contributed by atoms with Crippen LogP contribution >= 0.6 is 0 Å². The number of nitrogens with two attached hydrogens (primary N) is 1. The Kier molecular flexibility index (Phi) is 6.41. The highest BCUT2D eigenvalue weighted by atomic mass is 16.5. The predicted molar refractivity (Wildman–Crippen MR) is 78.7 cm³/mol. The van der Waals surface area contributed by atoms with Crippen LogP contribution < -0.4 is 11.1 Å². The molecule has 0 unspecified atom stereocenters. The molecule has 0 aliphatic heterocycles. The van der Waals surface area contributed by atoms with Gasteiger partial charge in [0.2, 0.25) is 0 Å². The molecule has 6 nitrogen and oxygen atoms in total. The maximum atomic E-state index is 8.75. The molecule has 0 saturated carbocycles. The molecule has 1 rings (SSSR count). The largest absolute Gasteiger partial charge is 0.409 e. The highest BCUT2D eigenvalue weighted by molar-refractivity contribution is 5.96. The average molecular weight is 280 g/mol. The Balaban J connectivity index is 2.58. The van der Waals surface area contributed by atoms with Crippen molar-refractivity contribution in [2.75, 3.05) is 20.3 Å². The van der Waals surface area contributed by atoms with Gasteiger partial charge in [0.1, 0.15) is 5.69 Å². The van der Waals surface area contributed by atoms with E-state index in [1.807, 2.05) is 12.1 Å². The van der Waals surface area contributed by atoms with Crippen LogP contribution in [0.1, 0.15) is 31.5 Å². The van der Waals surface area contributed by atoms with E-state index in [9.17, 15) is 0 Å². The maximum Gasteiger partial charge on any atom is 0.189 e. The first-order chi connectivity index (χ1) is 9.50. The second-order valence-corrected chi connectivity index (χ2v) is 5.51. The van der Waals surface area contributed by atoms with Crippen LogP contribution in [0.15, 0.2) is 23.5 Å². The number of methoxy groups -OCH3 is 1. The number of amidine groups is 1. The zero-order chi connectivity index (χ0) is 15.0. The van der Waals surface area contributed by atoms with E-state index in [-0.39, 0.29) is 11.3 Å². The Morgan fingerprint density at radius 2 is 2.30 bits per heavy atom. The fraction of sp³-hybridized carbons (Fsp3) is 0.571. The Morgan fingerprint density at radius 1 is 1.55 bits per heavy atom. The molecule has 1 aromatic heterocycles. The number of nitrogens with one attached hydrogen (secondary N) is 1. The molecule has 0 aliphatic carbocycles. The SMILES string of the molecule is COCCC(C)(C)CNCc1cccnc1/C(N)=N/O. The quantitative estimate of drug-likeness (QED) is 0.289. The van der Waals surface area contributed by atoms with E-state index >= 15 is 0 Å². The summed E-state index contributed by atoms with van der Waals surface area (Å²) in [5, 5.41) is 15.1. The van der Waals surface area contributed by atoms with Crippen molar-refractivity contribution in [1.29, 1.82) is 0 Å². The van der Waals surface area contributed by atoms with Gasteiger partial charge in [0.25, 0.3) is 0 Å². The van der Waals surface area contributed by atoms with Gasteiger partial charge < -0.3 is 21.0 Å². The van der Waals surface area contributed by atoms with Crippen molar-refractivity contribution in [2.45, 2.75) is 26.8 Å². The van der Waals surface area contributed by atoms with Crippen molar-refractivity contribution in [2.24, 2.45) is 16.3 Å². The van der Waals surface area contributed by atoms with Crippen LogP contribution in [0.25, 0.3) is 0 Å². The second-order valence-electron chi connectivity index (χ2n) is 5.51. The molecule has 20 heavy (non-hydrogen) atoms. The summed E-state index contributed by atoms with van der Waals surface area (Å²) in [5.41, 5.74) is 7.18. The number of nitrogens with zero attached hydrogens (tertiary/aromatic N) is 2. The molecule has 0 radical (unpaired) electrons. The van der Waals surface area contributed by atoms with Gasteiger partial charge in [0, 0.05) is 33.0 Å². The summed E-state index contributed by atoms with van der Waals surface area (Å²) < 4.78 is 5.11. The van der Waals surface area contributed by atoms with Gasteiger partial charge in [-0.05, 0) is 23.5 Å². The Hall–Kier alpha value is -1.66. The molecule has 0 amide bonds. The molecule has 4 N–H and O–H groups in total. The number of oxime groups is 1. The van der Waals surface area contributed by atoms with E-state index in [0.717, 1.165) is 25.1 Å². The third kappa shape index (κ3) is 5.14. The number of rotatable bonds is 8. The van der Waals surface area contributed by atoms with E-state index in [0.29, 0.717) is 12.2 Å². The molecule has 1 aromatic rings. The molecule has 0 aromatic carbocycles. The molecular weight excluding hydrogens is 256 g/mol. The lowest BCUT2D eigenvalue weighted by Crippen LogP contribution is -2.31. The van der Waals surface area contributed by atoms with Crippen LogP contribution in [0, 0.1) is 5.41 Å². The minimum Gasteiger partial charge on any atom is -0.409 e. The molecule has 0 spiro atoms. The highest BCUT2D eigenvalue weighted by Crippen LogP contribution is 2.19. The minimum atomic E-state index is 0.0287. The van der Waals surface area contributed by atoms with Crippen molar-refractivity contribution in [3.8, 4) is 0 Å². The molecule has 112 valence electrons. The van der Waals surface area contributed by atoms with Gasteiger partial charge in [-0.3, -0.25) is 4.98 Å². The molecule has 0 saturated heterocycles. The van der Waals surface area contributed by atoms with Gasteiger partial charge >= 0.3 is 0 Å². The summed E-state index contributed by atoms with van der Waals surface area (Å²) in [6, 6.07) is 3.75.